The summed E-state index contributed by atoms with van der Waals surface area (Å²) in [5.74, 6) is 1.25. The van der Waals surface area contributed by atoms with Gasteiger partial charge in [-0.1, -0.05) is 18.6 Å². The lowest BCUT2D eigenvalue weighted by Gasteiger charge is -2.40. The number of hydrogen-bond donors (Lipinski definition) is 0. The predicted molar refractivity (Wildman–Crippen MR) is 145 cm³/mol. The Hall–Kier alpha value is -3.60. The highest BCUT2D eigenvalue weighted by Gasteiger charge is 2.40. The fourth-order valence-corrected chi connectivity index (χ4v) is 6.93. The Morgan fingerprint density at radius 2 is 1.73 bits per heavy atom. The van der Waals surface area contributed by atoms with Crippen molar-refractivity contribution in [3.8, 4) is 5.69 Å². The Morgan fingerprint density at radius 3 is 2.35 bits per heavy atom. The molecule has 4 aromatic rings. The van der Waals surface area contributed by atoms with Gasteiger partial charge in [0.15, 0.2) is 0 Å². The van der Waals surface area contributed by atoms with Crippen LogP contribution in [-0.2, 0) is 13.2 Å². The van der Waals surface area contributed by atoms with Gasteiger partial charge in [-0.2, -0.15) is 13.2 Å². The SMILES string of the molecule is CN1C2CCC1CN(c1cc(C(F)(F)F)c3cn(-c4cccc([C@H](c5nncn5C)C5CCC5)c4)c(=O)n3c1)C2. The van der Waals surface area contributed by atoms with Crippen LogP contribution in [0.25, 0.3) is 11.2 Å². The number of benzene rings is 1. The number of imidazole rings is 1. The lowest BCUT2D eigenvalue weighted by atomic mass is 9.72. The van der Waals surface area contributed by atoms with E-state index in [1.807, 2.05) is 34.7 Å². The minimum atomic E-state index is -4.60. The Kier molecular flexibility index (Phi) is 5.85. The van der Waals surface area contributed by atoms with E-state index in [4.69, 9.17) is 0 Å². The summed E-state index contributed by atoms with van der Waals surface area (Å²) in [4.78, 5) is 18.0. The molecule has 7 rings (SSSR count). The standard InChI is InChI=1S/C29H32F3N7O/c1-35-17-33-34-27(35)26(18-5-3-6-18)19-7-4-8-20(11-19)38-16-25-24(29(30,31)32)12-23(15-39(25)28(38)40)37-13-21-9-10-22(14-37)36(21)2/h4,7-8,11-12,15-18,21-22,26H,3,5-6,9-10,13-14H2,1-2H3/t21?,22?,26-/m1/s1. The van der Waals surface area contributed by atoms with E-state index >= 15 is 0 Å². The number of alkyl halides is 3. The highest BCUT2D eigenvalue weighted by Crippen LogP contribution is 2.43. The van der Waals surface area contributed by atoms with Gasteiger partial charge in [-0.05, 0) is 62.4 Å². The fraction of sp³-hybridized carbons (Fsp3) is 0.483. The first-order valence-electron chi connectivity index (χ1n) is 13.9. The van der Waals surface area contributed by atoms with Crippen molar-refractivity contribution in [2.24, 2.45) is 13.0 Å². The van der Waals surface area contributed by atoms with E-state index < -0.39 is 17.4 Å². The molecule has 8 nitrogen and oxygen atoms in total. The average Bonchev–Trinajstić information content (AvgIpc) is 3.51. The molecule has 1 aromatic carbocycles. The van der Waals surface area contributed by atoms with Crippen molar-refractivity contribution in [1.29, 1.82) is 0 Å². The number of likely N-dealkylation sites (N-methyl/N-ethyl adjacent to an activating group) is 1. The third kappa shape index (κ3) is 4.05. The molecule has 2 bridgehead atoms. The zero-order valence-electron chi connectivity index (χ0n) is 22.6. The molecule has 0 amide bonds. The number of halogens is 3. The second-order valence-electron chi connectivity index (χ2n) is 11.7. The van der Waals surface area contributed by atoms with E-state index in [1.54, 1.807) is 18.6 Å². The van der Waals surface area contributed by atoms with Crippen molar-refractivity contribution >= 4 is 11.2 Å². The largest absolute Gasteiger partial charge is 0.418 e. The topological polar surface area (TPSA) is 63.6 Å². The Bertz CT molecular complexity index is 1620. The van der Waals surface area contributed by atoms with Gasteiger partial charge in [-0.25, -0.2) is 4.79 Å². The summed E-state index contributed by atoms with van der Waals surface area (Å²) in [7, 11) is 4.00. The van der Waals surface area contributed by atoms with Crippen molar-refractivity contribution in [2.45, 2.75) is 56.3 Å². The summed E-state index contributed by atoms with van der Waals surface area (Å²) >= 11 is 0. The number of fused-ring (bicyclic) bond motifs is 3. The van der Waals surface area contributed by atoms with Gasteiger partial charge in [0.25, 0.3) is 0 Å². The lowest BCUT2D eigenvalue weighted by molar-refractivity contribution is -0.136. The van der Waals surface area contributed by atoms with Gasteiger partial charge in [-0.3, -0.25) is 13.9 Å². The van der Waals surface area contributed by atoms with Crippen molar-refractivity contribution in [2.75, 3.05) is 25.0 Å². The van der Waals surface area contributed by atoms with E-state index in [-0.39, 0.29) is 11.4 Å². The van der Waals surface area contributed by atoms with Gasteiger partial charge in [0.1, 0.15) is 12.2 Å². The average molecular weight is 552 g/mol. The normalized spacial score (nSPS) is 22.7. The monoisotopic (exact) mass is 551 g/mol. The molecule has 1 saturated carbocycles. The maximum atomic E-state index is 14.4. The quantitative estimate of drug-likeness (QED) is 0.367. The van der Waals surface area contributed by atoms with Crippen LogP contribution in [0.4, 0.5) is 18.9 Å². The second-order valence-corrected chi connectivity index (χ2v) is 11.7. The van der Waals surface area contributed by atoms with Crippen LogP contribution < -0.4 is 10.6 Å². The minimum absolute atomic E-state index is 0.00104. The number of aryl methyl sites for hydroxylation is 1. The van der Waals surface area contributed by atoms with Gasteiger partial charge in [-0.15, -0.1) is 10.2 Å². The smallest absolute Gasteiger partial charge is 0.367 e. The van der Waals surface area contributed by atoms with Gasteiger partial charge < -0.3 is 9.47 Å². The predicted octanol–water partition coefficient (Wildman–Crippen LogP) is 4.45. The molecule has 2 aliphatic heterocycles. The number of rotatable bonds is 5. The van der Waals surface area contributed by atoms with Crippen molar-refractivity contribution < 1.29 is 13.2 Å². The molecule has 11 heteroatoms. The van der Waals surface area contributed by atoms with Crippen LogP contribution in [0.2, 0.25) is 0 Å². The molecule has 5 heterocycles. The van der Waals surface area contributed by atoms with Crippen LogP contribution >= 0.6 is 0 Å². The third-order valence-electron chi connectivity index (χ3n) is 9.42. The van der Waals surface area contributed by atoms with Crippen molar-refractivity contribution in [3.05, 3.63) is 76.5 Å². The van der Waals surface area contributed by atoms with Gasteiger partial charge in [0.2, 0.25) is 0 Å². The number of piperazine rings is 1. The number of nitrogens with zero attached hydrogens (tertiary/aromatic N) is 7. The molecule has 2 unspecified atom stereocenters. The zero-order chi connectivity index (χ0) is 27.8. The van der Waals surface area contributed by atoms with Crippen LogP contribution in [0.5, 0.6) is 0 Å². The Balaban J connectivity index is 1.33. The molecule has 210 valence electrons. The minimum Gasteiger partial charge on any atom is -0.367 e. The van der Waals surface area contributed by atoms with E-state index in [1.165, 1.54) is 16.8 Å². The number of aromatic nitrogens is 5. The molecule has 2 saturated heterocycles. The maximum absolute atomic E-state index is 14.4. The molecule has 1 aliphatic carbocycles. The molecule has 3 fully saturated rings. The lowest BCUT2D eigenvalue weighted by Crippen LogP contribution is -2.52. The first-order chi connectivity index (χ1) is 19.2. The summed E-state index contributed by atoms with van der Waals surface area (Å²) < 4.78 is 47.5. The van der Waals surface area contributed by atoms with Crippen LogP contribution in [-0.4, -0.2) is 60.9 Å². The first kappa shape index (κ1) is 25.4. The summed E-state index contributed by atoms with van der Waals surface area (Å²) in [6.45, 7) is 1.30. The van der Waals surface area contributed by atoms with Crippen molar-refractivity contribution in [3.63, 3.8) is 0 Å². The highest BCUT2D eigenvalue weighted by molar-refractivity contribution is 5.63. The molecule has 3 aromatic heterocycles. The molecule has 40 heavy (non-hydrogen) atoms. The highest BCUT2D eigenvalue weighted by atomic mass is 19.4. The summed E-state index contributed by atoms with van der Waals surface area (Å²) in [5.41, 5.74) is 0.485. The van der Waals surface area contributed by atoms with E-state index in [9.17, 15) is 18.0 Å². The molecule has 3 atom stereocenters. The first-order valence-corrected chi connectivity index (χ1v) is 13.9. The zero-order valence-corrected chi connectivity index (χ0v) is 22.6. The van der Waals surface area contributed by atoms with Gasteiger partial charge >= 0.3 is 11.9 Å². The molecule has 0 spiro atoms. The summed E-state index contributed by atoms with van der Waals surface area (Å²) in [6, 6.07) is 9.37. The second kappa shape index (κ2) is 9.22. The molecular weight excluding hydrogens is 519 g/mol. The van der Waals surface area contributed by atoms with Crippen molar-refractivity contribution in [1.82, 2.24) is 28.6 Å². The fourth-order valence-electron chi connectivity index (χ4n) is 6.93. The molecule has 3 aliphatic rings. The molecule has 0 N–H and O–H groups in total. The third-order valence-corrected chi connectivity index (χ3v) is 9.42. The number of hydrogen-bond acceptors (Lipinski definition) is 5. The van der Waals surface area contributed by atoms with Gasteiger partial charge in [0.05, 0.1) is 22.5 Å². The van der Waals surface area contributed by atoms with Crippen LogP contribution in [0, 0.1) is 5.92 Å². The van der Waals surface area contributed by atoms with Crippen LogP contribution in [0.3, 0.4) is 0 Å². The van der Waals surface area contributed by atoms with E-state index in [0.29, 0.717) is 42.5 Å². The summed E-state index contributed by atoms with van der Waals surface area (Å²) in [5, 5.41) is 8.44. The van der Waals surface area contributed by atoms with Crippen LogP contribution in [0.1, 0.15) is 55.0 Å². The van der Waals surface area contributed by atoms with Gasteiger partial charge in [0, 0.05) is 50.5 Å². The number of anilines is 1. The van der Waals surface area contributed by atoms with E-state index in [2.05, 4.69) is 22.1 Å². The maximum Gasteiger partial charge on any atom is 0.418 e. The van der Waals surface area contributed by atoms with E-state index in [0.717, 1.165) is 47.9 Å². The number of pyridine rings is 1. The Labute approximate surface area is 229 Å². The Morgan fingerprint density at radius 1 is 0.975 bits per heavy atom. The molecule has 0 radical (unpaired) electrons. The van der Waals surface area contributed by atoms with Crippen LogP contribution in [0.15, 0.2) is 53.8 Å². The summed E-state index contributed by atoms with van der Waals surface area (Å²) in [6.07, 6.45) is 5.35. The molecular formula is C29H32F3N7O.